The molecule has 0 bridgehead atoms. The fourth-order valence-electron chi connectivity index (χ4n) is 3.66. The molecule has 37 heavy (non-hydrogen) atoms. The third kappa shape index (κ3) is 11.2. The lowest BCUT2D eigenvalue weighted by atomic mass is 9.98. The molecule has 2 N–H and O–H groups in total. The van der Waals surface area contributed by atoms with E-state index in [1.165, 1.54) is 4.90 Å². The van der Waals surface area contributed by atoms with Gasteiger partial charge in [0, 0.05) is 13.1 Å². The van der Waals surface area contributed by atoms with Gasteiger partial charge >= 0.3 is 12.1 Å². The number of rotatable bonds is 13. The second-order valence-corrected chi connectivity index (χ2v) is 10.4. The van der Waals surface area contributed by atoms with Crippen molar-refractivity contribution in [3.63, 3.8) is 0 Å². The Morgan fingerprint density at radius 2 is 1.65 bits per heavy atom. The van der Waals surface area contributed by atoms with Gasteiger partial charge in [-0.15, -0.1) is 0 Å². The zero-order valence-electron chi connectivity index (χ0n) is 23.7. The summed E-state index contributed by atoms with van der Waals surface area (Å²) < 4.78 is 10.3. The normalized spacial score (nSPS) is 12.9. The average molecular weight is 520 g/mol. The molecule has 2 unspecified atom stereocenters. The number of alkyl carbamates (subject to hydrolysis) is 1. The molecule has 0 fully saturated rings. The van der Waals surface area contributed by atoms with Crippen molar-refractivity contribution in [1.29, 1.82) is 0 Å². The Morgan fingerprint density at radius 3 is 2.16 bits per heavy atom. The summed E-state index contributed by atoms with van der Waals surface area (Å²) in [5, 5.41) is 5.50. The molecule has 1 aromatic rings. The summed E-state index contributed by atoms with van der Waals surface area (Å²) >= 11 is 0. The monoisotopic (exact) mass is 519 g/mol. The van der Waals surface area contributed by atoms with Gasteiger partial charge in [0.15, 0.2) is 0 Å². The van der Waals surface area contributed by atoms with Crippen molar-refractivity contribution < 1.29 is 28.7 Å². The van der Waals surface area contributed by atoms with Gasteiger partial charge in [0.05, 0.1) is 13.0 Å². The Morgan fingerprint density at radius 1 is 1.03 bits per heavy atom. The van der Waals surface area contributed by atoms with Crippen molar-refractivity contribution in [3.8, 4) is 0 Å². The molecular weight excluding hydrogens is 474 g/mol. The van der Waals surface area contributed by atoms with Crippen LogP contribution < -0.4 is 10.6 Å². The van der Waals surface area contributed by atoms with Gasteiger partial charge in [0.25, 0.3) is 0 Å². The van der Waals surface area contributed by atoms with E-state index in [-0.39, 0.29) is 31.4 Å². The highest BCUT2D eigenvalue weighted by molar-refractivity contribution is 5.92. The van der Waals surface area contributed by atoms with Crippen LogP contribution in [0, 0.1) is 12.8 Å². The van der Waals surface area contributed by atoms with Crippen LogP contribution in [0.2, 0.25) is 0 Å². The topological polar surface area (TPSA) is 114 Å². The predicted octanol–water partition coefficient (Wildman–Crippen LogP) is 4.28. The van der Waals surface area contributed by atoms with Gasteiger partial charge in [0.2, 0.25) is 11.8 Å². The third-order valence-corrected chi connectivity index (χ3v) is 5.53. The van der Waals surface area contributed by atoms with Crippen LogP contribution in [0.3, 0.4) is 0 Å². The lowest BCUT2D eigenvalue weighted by Gasteiger charge is -2.35. The van der Waals surface area contributed by atoms with E-state index in [0.29, 0.717) is 18.5 Å². The minimum Gasteiger partial charge on any atom is -0.466 e. The van der Waals surface area contributed by atoms with Crippen LogP contribution in [0.15, 0.2) is 24.3 Å². The van der Waals surface area contributed by atoms with Gasteiger partial charge in [-0.2, -0.15) is 0 Å². The smallest absolute Gasteiger partial charge is 0.408 e. The maximum absolute atomic E-state index is 13.9. The summed E-state index contributed by atoms with van der Waals surface area (Å²) in [7, 11) is 0. The summed E-state index contributed by atoms with van der Waals surface area (Å²) in [6.45, 7) is 15.2. The van der Waals surface area contributed by atoms with E-state index in [0.717, 1.165) is 12.0 Å². The standard InChI is InChI=1S/C28H45N3O6/c1-9-11-18-31(26(34)23(19(3)4)30-27(35)37-28(6,7)8)24(21-14-12-20(5)13-15-21)25(33)29-17-16-22(32)36-10-2/h12-15,19,23-24H,9-11,16-18H2,1-8H3,(H,29,33)(H,30,35). The molecular formula is C28H45N3O6. The van der Waals surface area contributed by atoms with Crippen molar-refractivity contribution in [2.45, 2.75) is 92.3 Å². The van der Waals surface area contributed by atoms with Gasteiger partial charge in [-0.05, 0) is 52.5 Å². The number of esters is 1. The summed E-state index contributed by atoms with van der Waals surface area (Å²) in [6.07, 6.45) is 0.806. The van der Waals surface area contributed by atoms with E-state index in [1.807, 2.05) is 52.0 Å². The molecule has 1 rings (SSSR count). The maximum atomic E-state index is 13.9. The van der Waals surface area contributed by atoms with Crippen LogP contribution in [0.25, 0.3) is 0 Å². The van der Waals surface area contributed by atoms with Crippen LogP contribution in [-0.2, 0) is 23.9 Å². The zero-order valence-corrected chi connectivity index (χ0v) is 23.7. The Bertz CT molecular complexity index is 892. The summed E-state index contributed by atoms with van der Waals surface area (Å²) in [6, 6.07) is 5.58. The molecule has 0 heterocycles. The first-order chi connectivity index (χ1) is 17.3. The number of nitrogens with one attached hydrogen (secondary N) is 2. The van der Waals surface area contributed by atoms with Crippen LogP contribution in [0.5, 0.6) is 0 Å². The lowest BCUT2D eigenvalue weighted by Crippen LogP contribution is -2.55. The number of unbranched alkanes of at least 4 members (excludes halogenated alkanes) is 1. The lowest BCUT2D eigenvalue weighted by molar-refractivity contribution is -0.144. The van der Waals surface area contributed by atoms with Gasteiger partial charge < -0.3 is 25.0 Å². The molecule has 0 aromatic heterocycles. The van der Waals surface area contributed by atoms with Gasteiger partial charge in [-0.3, -0.25) is 14.4 Å². The van der Waals surface area contributed by atoms with Crippen molar-refractivity contribution in [3.05, 3.63) is 35.4 Å². The molecule has 0 aliphatic heterocycles. The molecule has 208 valence electrons. The van der Waals surface area contributed by atoms with Gasteiger partial charge in [-0.25, -0.2) is 4.79 Å². The minimum absolute atomic E-state index is 0.0257. The maximum Gasteiger partial charge on any atom is 0.408 e. The highest BCUT2D eigenvalue weighted by atomic mass is 16.6. The summed E-state index contributed by atoms with van der Waals surface area (Å²) in [5.41, 5.74) is 0.937. The number of carbonyl (C=O) groups is 4. The number of benzene rings is 1. The van der Waals surface area contributed by atoms with Crippen molar-refractivity contribution in [1.82, 2.24) is 15.5 Å². The molecule has 0 aliphatic carbocycles. The van der Waals surface area contributed by atoms with E-state index < -0.39 is 35.7 Å². The third-order valence-electron chi connectivity index (χ3n) is 5.53. The molecule has 0 saturated heterocycles. The summed E-state index contributed by atoms with van der Waals surface area (Å²) in [4.78, 5) is 53.3. The number of amides is 3. The highest BCUT2D eigenvalue weighted by Gasteiger charge is 2.37. The van der Waals surface area contributed by atoms with Crippen molar-refractivity contribution in [2.75, 3.05) is 19.7 Å². The molecule has 9 heteroatoms. The molecule has 0 aliphatic rings. The fraction of sp³-hybridized carbons (Fsp3) is 0.643. The first kappa shape index (κ1) is 31.9. The Labute approximate surface area is 221 Å². The zero-order chi connectivity index (χ0) is 28.2. The number of hydrogen-bond donors (Lipinski definition) is 2. The van der Waals surface area contributed by atoms with Crippen LogP contribution in [0.4, 0.5) is 4.79 Å². The first-order valence-electron chi connectivity index (χ1n) is 13.1. The van der Waals surface area contributed by atoms with Crippen LogP contribution >= 0.6 is 0 Å². The molecule has 0 radical (unpaired) electrons. The van der Waals surface area contributed by atoms with E-state index in [4.69, 9.17) is 9.47 Å². The Hall–Kier alpha value is -3.10. The largest absolute Gasteiger partial charge is 0.466 e. The Balaban J connectivity index is 3.34. The molecule has 2 atom stereocenters. The highest BCUT2D eigenvalue weighted by Crippen LogP contribution is 2.25. The van der Waals surface area contributed by atoms with Gasteiger partial charge in [0.1, 0.15) is 17.7 Å². The second kappa shape index (κ2) is 15.2. The van der Waals surface area contributed by atoms with Crippen LogP contribution in [-0.4, -0.2) is 60.1 Å². The molecule has 9 nitrogen and oxygen atoms in total. The fourth-order valence-corrected chi connectivity index (χ4v) is 3.66. The molecule has 3 amide bonds. The minimum atomic E-state index is -0.941. The van der Waals surface area contributed by atoms with E-state index in [2.05, 4.69) is 10.6 Å². The van der Waals surface area contributed by atoms with Crippen LogP contribution in [0.1, 0.15) is 84.9 Å². The summed E-state index contributed by atoms with van der Waals surface area (Å²) in [5.74, 6) is -1.44. The molecule has 1 aromatic carbocycles. The number of ether oxygens (including phenoxy) is 2. The number of carbonyl (C=O) groups excluding carboxylic acids is 4. The van der Waals surface area contributed by atoms with Crippen molar-refractivity contribution >= 4 is 23.9 Å². The Kier molecular flexibility index (Phi) is 13.1. The first-order valence-corrected chi connectivity index (χ1v) is 13.1. The molecule has 0 spiro atoms. The number of hydrogen-bond acceptors (Lipinski definition) is 6. The number of aryl methyl sites for hydroxylation is 1. The van der Waals surface area contributed by atoms with E-state index in [9.17, 15) is 19.2 Å². The van der Waals surface area contributed by atoms with Crippen molar-refractivity contribution in [2.24, 2.45) is 5.92 Å². The SMILES string of the molecule is CCCCN(C(=O)C(NC(=O)OC(C)(C)C)C(C)C)C(C(=O)NCCC(=O)OCC)c1ccc(C)cc1. The van der Waals surface area contributed by atoms with E-state index in [1.54, 1.807) is 27.7 Å². The van der Waals surface area contributed by atoms with E-state index >= 15 is 0 Å². The molecule has 0 saturated carbocycles. The number of nitrogens with zero attached hydrogens (tertiary/aromatic N) is 1. The quantitative estimate of drug-likeness (QED) is 0.376. The van der Waals surface area contributed by atoms with Gasteiger partial charge in [-0.1, -0.05) is 57.0 Å². The second-order valence-electron chi connectivity index (χ2n) is 10.4. The average Bonchev–Trinajstić information content (AvgIpc) is 2.79. The predicted molar refractivity (Wildman–Crippen MR) is 143 cm³/mol.